The number of carbonyl (C=O) groups excluding carboxylic acids is 1. The number of hydrogen-bond acceptors (Lipinski definition) is 5. The second-order valence-corrected chi connectivity index (χ2v) is 10.1. The topological polar surface area (TPSA) is 84.9 Å². The van der Waals surface area contributed by atoms with Gasteiger partial charge < -0.3 is 14.8 Å². The first kappa shape index (κ1) is 25.6. The van der Waals surface area contributed by atoms with Crippen LogP contribution in [0.15, 0.2) is 77.7 Å². The fourth-order valence-electron chi connectivity index (χ4n) is 3.48. The largest absolute Gasteiger partial charge is 0.486 e. The zero-order valence-corrected chi connectivity index (χ0v) is 20.1. The number of sulfonamides is 1. The Hall–Kier alpha value is -3.44. The molecule has 0 radical (unpaired) electrons. The molecule has 0 aliphatic carbocycles. The van der Waals surface area contributed by atoms with Crippen LogP contribution < -0.4 is 19.1 Å². The molecule has 1 N–H and O–H groups in total. The quantitative estimate of drug-likeness (QED) is 0.477. The maximum absolute atomic E-state index is 13.4. The number of halogens is 4. The predicted molar refractivity (Wildman–Crippen MR) is 127 cm³/mol. The minimum Gasteiger partial charge on any atom is -0.486 e. The molecule has 1 atom stereocenters. The van der Waals surface area contributed by atoms with Gasteiger partial charge in [0.05, 0.1) is 27.7 Å². The lowest BCUT2D eigenvalue weighted by molar-refractivity contribution is -0.137. The Morgan fingerprint density at radius 3 is 2.39 bits per heavy atom. The predicted octanol–water partition coefficient (Wildman–Crippen LogP) is 4.51. The van der Waals surface area contributed by atoms with Crippen LogP contribution in [0.5, 0.6) is 11.5 Å². The van der Waals surface area contributed by atoms with Crippen molar-refractivity contribution >= 4 is 33.2 Å². The molecule has 0 fully saturated rings. The molecule has 0 saturated heterocycles. The molecule has 0 saturated carbocycles. The second-order valence-electron chi connectivity index (χ2n) is 7.79. The first-order valence-electron chi connectivity index (χ1n) is 10.7. The van der Waals surface area contributed by atoms with Crippen molar-refractivity contribution in [3.05, 3.63) is 83.4 Å². The summed E-state index contributed by atoms with van der Waals surface area (Å²) in [5.41, 5.74) is -1.58. The molecule has 1 aliphatic rings. The zero-order valence-electron chi connectivity index (χ0n) is 18.5. The molecule has 1 amide bonds. The molecule has 1 heterocycles. The molecule has 4 rings (SSSR count). The van der Waals surface area contributed by atoms with Crippen LogP contribution >= 0.6 is 11.6 Å². The minimum atomic E-state index is -4.75. The third-order valence-electron chi connectivity index (χ3n) is 5.25. The van der Waals surface area contributed by atoms with E-state index in [9.17, 15) is 26.4 Å². The summed E-state index contributed by atoms with van der Waals surface area (Å²) < 4.78 is 78.8. The first-order valence-corrected chi connectivity index (χ1v) is 12.5. The number of anilines is 1. The average molecular weight is 541 g/mol. The summed E-state index contributed by atoms with van der Waals surface area (Å²) in [4.78, 5) is 12.6. The summed E-state index contributed by atoms with van der Waals surface area (Å²) in [6, 6.07) is 16.3. The SMILES string of the molecule is O=C(CN(c1cc(C(F)(F)F)ccc1Cl)S(=O)(=O)c1ccccc1)NC[C@@H]1COc2ccccc2O1. The van der Waals surface area contributed by atoms with E-state index in [4.69, 9.17) is 21.1 Å². The highest BCUT2D eigenvalue weighted by molar-refractivity contribution is 7.92. The minimum absolute atomic E-state index is 0.0251. The number of ether oxygens (including phenoxy) is 2. The molecule has 3 aromatic rings. The summed E-state index contributed by atoms with van der Waals surface area (Å²) >= 11 is 6.12. The molecule has 12 heteroatoms. The van der Waals surface area contributed by atoms with Gasteiger partial charge in [0.1, 0.15) is 19.3 Å². The number of carbonyl (C=O) groups is 1. The van der Waals surface area contributed by atoms with Crippen molar-refractivity contribution in [1.29, 1.82) is 0 Å². The molecule has 3 aromatic carbocycles. The summed E-state index contributed by atoms with van der Waals surface area (Å²) in [5, 5.41) is 2.29. The lowest BCUT2D eigenvalue weighted by Gasteiger charge is -2.28. The van der Waals surface area contributed by atoms with Crippen molar-refractivity contribution in [3.8, 4) is 11.5 Å². The zero-order chi connectivity index (χ0) is 25.9. The average Bonchev–Trinajstić information content (AvgIpc) is 2.86. The van der Waals surface area contributed by atoms with Crippen LogP contribution in [-0.2, 0) is 21.0 Å². The lowest BCUT2D eigenvalue weighted by atomic mass is 10.2. The molecule has 0 unspecified atom stereocenters. The summed E-state index contributed by atoms with van der Waals surface area (Å²) in [6.45, 7) is -0.700. The number of nitrogens with one attached hydrogen (secondary N) is 1. The molecular formula is C24H20ClF3N2O5S. The Labute approximate surface area is 210 Å². The molecule has 7 nitrogen and oxygen atoms in total. The first-order chi connectivity index (χ1) is 17.1. The highest BCUT2D eigenvalue weighted by Crippen LogP contribution is 2.37. The van der Waals surface area contributed by atoms with Crippen LogP contribution in [0.3, 0.4) is 0 Å². The Morgan fingerprint density at radius 2 is 1.69 bits per heavy atom. The van der Waals surface area contributed by atoms with Crippen molar-refractivity contribution in [2.45, 2.75) is 17.2 Å². The number of fused-ring (bicyclic) bond motifs is 1. The third kappa shape index (κ3) is 5.68. The normalized spacial score (nSPS) is 15.3. The van der Waals surface area contributed by atoms with E-state index < -0.39 is 46.0 Å². The summed E-state index contributed by atoms with van der Waals surface area (Å²) in [7, 11) is -4.45. The van der Waals surface area contributed by atoms with Gasteiger partial charge in [-0.3, -0.25) is 9.10 Å². The molecule has 36 heavy (non-hydrogen) atoms. The van der Waals surface area contributed by atoms with Gasteiger partial charge in [0.2, 0.25) is 5.91 Å². The van der Waals surface area contributed by atoms with Crippen LogP contribution in [0.1, 0.15) is 5.56 Å². The molecular weight excluding hydrogens is 521 g/mol. The van der Waals surface area contributed by atoms with Gasteiger partial charge in [-0.2, -0.15) is 13.2 Å². The van der Waals surface area contributed by atoms with Gasteiger partial charge in [-0.05, 0) is 42.5 Å². The highest BCUT2D eigenvalue weighted by atomic mass is 35.5. The van der Waals surface area contributed by atoms with E-state index >= 15 is 0 Å². The van der Waals surface area contributed by atoms with E-state index in [0.29, 0.717) is 21.9 Å². The number of hydrogen-bond donors (Lipinski definition) is 1. The van der Waals surface area contributed by atoms with Crippen LogP contribution in [0, 0.1) is 0 Å². The van der Waals surface area contributed by atoms with Gasteiger partial charge in [-0.15, -0.1) is 0 Å². The van der Waals surface area contributed by atoms with Gasteiger partial charge in [-0.25, -0.2) is 8.42 Å². The van der Waals surface area contributed by atoms with Crippen molar-refractivity contribution in [2.24, 2.45) is 0 Å². The second kappa shape index (κ2) is 10.3. The Kier molecular flexibility index (Phi) is 7.32. The Morgan fingerprint density at radius 1 is 1.03 bits per heavy atom. The van der Waals surface area contributed by atoms with E-state index in [-0.39, 0.29) is 23.1 Å². The van der Waals surface area contributed by atoms with Gasteiger partial charge >= 0.3 is 6.18 Å². The van der Waals surface area contributed by atoms with Gasteiger partial charge in [0.25, 0.3) is 10.0 Å². The van der Waals surface area contributed by atoms with Crippen molar-refractivity contribution in [1.82, 2.24) is 5.32 Å². The maximum atomic E-state index is 13.4. The van der Waals surface area contributed by atoms with Gasteiger partial charge in [0, 0.05) is 0 Å². The Bertz CT molecular complexity index is 1350. The molecule has 190 valence electrons. The smallest absolute Gasteiger partial charge is 0.416 e. The molecule has 1 aliphatic heterocycles. The van der Waals surface area contributed by atoms with E-state index in [0.717, 1.165) is 12.1 Å². The lowest BCUT2D eigenvalue weighted by Crippen LogP contribution is -2.45. The highest BCUT2D eigenvalue weighted by Gasteiger charge is 2.34. The number of nitrogens with zero attached hydrogens (tertiary/aromatic N) is 1. The van der Waals surface area contributed by atoms with Crippen molar-refractivity contribution in [2.75, 3.05) is 24.0 Å². The van der Waals surface area contributed by atoms with E-state index in [1.807, 2.05) is 0 Å². The van der Waals surface area contributed by atoms with E-state index in [1.54, 1.807) is 30.3 Å². The summed E-state index contributed by atoms with van der Waals surface area (Å²) in [6.07, 6.45) is -5.31. The van der Waals surface area contributed by atoms with E-state index in [1.165, 1.54) is 24.3 Å². The molecule has 0 spiro atoms. The van der Waals surface area contributed by atoms with Crippen LogP contribution in [0.4, 0.5) is 18.9 Å². The molecule has 0 aromatic heterocycles. The Balaban J connectivity index is 1.58. The number of alkyl halides is 3. The monoisotopic (exact) mass is 540 g/mol. The number of rotatable bonds is 7. The van der Waals surface area contributed by atoms with E-state index in [2.05, 4.69) is 5.32 Å². The number of para-hydroxylation sites is 2. The number of amides is 1. The van der Waals surface area contributed by atoms with Crippen LogP contribution in [0.25, 0.3) is 0 Å². The van der Waals surface area contributed by atoms with Crippen LogP contribution in [-0.4, -0.2) is 40.1 Å². The fourth-order valence-corrected chi connectivity index (χ4v) is 5.20. The van der Waals surface area contributed by atoms with Crippen molar-refractivity contribution in [3.63, 3.8) is 0 Å². The summed E-state index contributed by atoms with van der Waals surface area (Å²) in [5.74, 6) is 0.275. The number of benzene rings is 3. The van der Waals surface area contributed by atoms with Gasteiger partial charge in [0.15, 0.2) is 11.5 Å². The third-order valence-corrected chi connectivity index (χ3v) is 7.35. The standard InChI is InChI=1S/C24H20ClF3N2O5S/c25-19-11-10-16(24(26,27)28)12-20(19)30(36(32,33)18-6-2-1-3-7-18)14-23(31)29-13-17-15-34-21-8-4-5-9-22(21)35-17/h1-12,17H,13-15H2,(H,29,31)/t17-/m1/s1. The molecule has 0 bridgehead atoms. The van der Waals surface area contributed by atoms with Crippen LogP contribution in [0.2, 0.25) is 5.02 Å². The maximum Gasteiger partial charge on any atom is 0.416 e. The van der Waals surface area contributed by atoms with Crippen molar-refractivity contribution < 1.29 is 35.9 Å². The van der Waals surface area contributed by atoms with Gasteiger partial charge in [-0.1, -0.05) is 41.9 Å². The fraction of sp³-hybridized carbons (Fsp3) is 0.208.